The molecule has 0 aliphatic carbocycles. The second-order valence-corrected chi connectivity index (χ2v) is 4.46. The van der Waals surface area contributed by atoms with E-state index >= 15 is 0 Å². The Bertz CT molecular complexity index is 530. The van der Waals surface area contributed by atoms with Crippen molar-refractivity contribution >= 4 is 33.4 Å². The largest absolute Gasteiger partial charge is 0.345 e. The minimum absolute atomic E-state index is 0.196. The van der Waals surface area contributed by atoms with Gasteiger partial charge in [0.15, 0.2) is 5.82 Å². The van der Waals surface area contributed by atoms with Crippen molar-refractivity contribution in [2.24, 2.45) is 0 Å². The van der Waals surface area contributed by atoms with E-state index in [4.69, 9.17) is 11.6 Å². The number of hydrogen-bond acceptors (Lipinski definition) is 4. The highest BCUT2D eigenvalue weighted by Crippen LogP contribution is 2.21. The molecule has 17 heavy (non-hydrogen) atoms. The van der Waals surface area contributed by atoms with Crippen LogP contribution in [-0.4, -0.2) is 26.5 Å². The summed E-state index contributed by atoms with van der Waals surface area (Å²) in [6, 6.07) is 5.04. The lowest BCUT2D eigenvalue weighted by Gasteiger charge is -2.04. The third kappa shape index (κ3) is 3.01. The number of aromatic amines is 1. The number of benzene rings is 1. The van der Waals surface area contributed by atoms with Crippen molar-refractivity contribution in [3.8, 4) is 0 Å². The van der Waals surface area contributed by atoms with E-state index in [1.165, 1.54) is 0 Å². The number of aromatic nitrogens is 4. The molecular formula is C9H7BrClN5O. The average molecular weight is 317 g/mol. The second-order valence-electron chi connectivity index (χ2n) is 3.13. The summed E-state index contributed by atoms with van der Waals surface area (Å²) in [5, 5.41) is 16.1. The van der Waals surface area contributed by atoms with Gasteiger partial charge in [-0.05, 0) is 18.2 Å². The van der Waals surface area contributed by atoms with Gasteiger partial charge in [0.2, 0.25) is 0 Å². The molecule has 2 rings (SSSR count). The van der Waals surface area contributed by atoms with Crippen molar-refractivity contribution in [3.05, 3.63) is 39.1 Å². The summed E-state index contributed by atoms with van der Waals surface area (Å²) >= 11 is 9.21. The molecule has 0 saturated carbocycles. The lowest BCUT2D eigenvalue weighted by atomic mass is 10.2. The summed E-state index contributed by atoms with van der Waals surface area (Å²) in [7, 11) is 0. The first kappa shape index (κ1) is 12.0. The number of amides is 1. The van der Waals surface area contributed by atoms with Crippen LogP contribution in [-0.2, 0) is 6.54 Å². The predicted octanol–water partition coefficient (Wildman–Crippen LogP) is 1.55. The molecule has 2 aromatic rings. The lowest BCUT2D eigenvalue weighted by molar-refractivity contribution is 0.0950. The summed E-state index contributed by atoms with van der Waals surface area (Å²) < 4.78 is 0.817. The SMILES string of the molecule is O=C(NCc1nn[nH]n1)c1ccc(Br)cc1Cl. The Balaban J connectivity index is 2.04. The van der Waals surface area contributed by atoms with Crippen LogP contribution in [0.3, 0.4) is 0 Å². The Hall–Kier alpha value is -1.47. The number of rotatable bonds is 3. The third-order valence-corrected chi connectivity index (χ3v) is 2.78. The molecule has 2 N–H and O–H groups in total. The van der Waals surface area contributed by atoms with Gasteiger partial charge in [0.25, 0.3) is 5.91 Å². The summed E-state index contributed by atoms with van der Waals surface area (Å²) in [5.74, 6) is 0.124. The molecular weight excluding hydrogens is 309 g/mol. The van der Waals surface area contributed by atoms with E-state index in [2.05, 4.69) is 41.9 Å². The zero-order chi connectivity index (χ0) is 12.3. The Morgan fingerprint density at radius 3 is 3.00 bits per heavy atom. The normalized spacial score (nSPS) is 10.2. The van der Waals surface area contributed by atoms with Crippen LogP contribution in [0.25, 0.3) is 0 Å². The van der Waals surface area contributed by atoms with Crippen molar-refractivity contribution < 1.29 is 4.79 Å². The van der Waals surface area contributed by atoms with Crippen molar-refractivity contribution in [1.29, 1.82) is 0 Å². The van der Waals surface area contributed by atoms with Crippen LogP contribution in [0.4, 0.5) is 0 Å². The quantitative estimate of drug-likeness (QED) is 0.900. The highest BCUT2D eigenvalue weighted by Gasteiger charge is 2.10. The molecule has 0 aliphatic rings. The second kappa shape index (κ2) is 5.24. The Labute approximate surface area is 110 Å². The van der Waals surface area contributed by atoms with Gasteiger partial charge in [0, 0.05) is 4.47 Å². The van der Waals surface area contributed by atoms with Gasteiger partial charge in [-0.2, -0.15) is 5.21 Å². The monoisotopic (exact) mass is 315 g/mol. The minimum atomic E-state index is -0.285. The standard InChI is InChI=1S/C9H7BrClN5O/c10-5-1-2-6(7(11)3-5)9(17)12-4-8-13-15-16-14-8/h1-3H,4H2,(H,12,17)(H,13,14,15,16). The van der Waals surface area contributed by atoms with Crippen molar-refractivity contribution in [3.63, 3.8) is 0 Å². The Morgan fingerprint density at radius 2 is 2.35 bits per heavy atom. The first-order valence-electron chi connectivity index (χ1n) is 4.62. The first-order chi connectivity index (χ1) is 8.16. The number of carbonyl (C=O) groups excluding carboxylic acids is 1. The maximum Gasteiger partial charge on any atom is 0.253 e. The maximum absolute atomic E-state index is 11.8. The number of carbonyl (C=O) groups is 1. The number of nitrogens with zero attached hydrogens (tertiary/aromatic N) is 3. The van der Waals surface area contributed by atoms with Crippen molar-refractivity contribution in [2.45, 2.75) is 6.54 Å². The van der Waals surface area contributed by atoms with E-state index in [0.29, 0.717) is 16.4 Å². The number of hydrogen-bond donors (Lipinski definition) is 2. The van der Waals surface area contributed by atoms with Gasteiger partial charge in [-0.15, -0.1) is 10.2 Å². The third-order valence-electron chi connectivity index (χ3n) is 1.97. The van der Waals surface area contributed by atoms with Gasteiger partial charge < -0.3 is 5.32 Å². The molecule has 0 aliphatic heterocycles. The van der Waals surface area contributed by atoms with E-state index in [0.717, 1.165) is 4.47 Å². The van der Waals surface area contributed by atoms with Crippen molar-refractivity contribution in [1.82, 2.24) is 25.9 Å². The lowest BCUT2D eigenvalue weighted by Crippen LogP contribution is -2.23. The molecule has 0 spiro atoms. The fraction of sp³-hybridized carbons (Fsp3) is 0.111. The van der Waals surface area contributed by atoms with Crippen LogP contribution in [0.1, 0.15) is 16.2 Å². The molecule has 6 nitrogen and oxygen atoms in total. The predicted molar refractivity (Wildman–Crippen MR) is 64.5 cm³/mol. The van der Waals surface area contributed by atoms with E-state index in [9.17, 15) is 4.79 Å². The molecule has 0 unspecified atom stereocenters. The molecule has 88 valence electrons. The van der Waals surface area contributed by atoms with Gasteiger partial charge in [0.05, 0.1) is 17.1 Å². The smallest absolute Gasteiger partial charge is 0.253 e. The highest BCUT2D eigenvalue weighted by molar-refractivity contribution is 9.10. The molecule has 1 heterocycles. The van der Waals surface area contributed by atoms with E-state index < -0.39 is 0 Å². The van der Waals surface area contributed by atoms with Gasteiger partial charge >= 0.3 is 0 Å². The first-order valence-corrected chi connectivity index (χ1v) is 5.79. The van der Waals surface area contributed by atoms with Gasteiger partial charge in [-0.1, -0.05) is 32.7 Å². The molecule has 0 saturated heterocycles. The van der Waals surface area contributed by atoms with Crippen LogP contribution in [0.2, 0.25) is 5.02 Å². The highest BCUT2D eigenvalue weighted by atomic mass is 79.9. The summed E-state index contributed by atoms with van der Waals surface area (Å²) in [6.07, 6.45) is 0. The van der Waals surface area contributed by atoms with Crippen LogP contribution in [0, 0.1) is 0 Å². The topological polar surface area (TPSA) is 83.6 Å². The van der Waals surface area contributed by atoms with Crippen LogP contribution >= 0.6 is 27.5 Å². The molecule has 0 bridgehead atoms. The van der Waals surface area contributed by atoms with Gasteiger partial charge in [0.1, 0.15) is 0 Å². The number of nitrogens with one attached hydrogen (secondary N) is 2. The number of tetrazole rings is 1. The van der Waals surface area contributed by atoms with Gasteiger partial charge in [-0.3, -0.25) is 4.79 Å². The summed E-state index contributed by atoms with van der Waals surface area (Å²) in [5.41, 5.74) is 0.401. The molecule has 1 aromatic carbocycles. The molecule has 0 fully saturated rings. The van der Waals surface area contributed by atoms with Crippen LogP contribution < -0.4 is 5.32 Å². The molecule has 1 amide bonds. The van der Waals surface area contributed by atoms with E-state index in [1.807, 2.05) is 0 Å². The van der Waals surface area contributed by atoms with Gasteiger partial charge in [-0.25, -0.2) is 0 Å². The van der Waals surface area contributed by atoms with E-state index in [-0.39, 0.29) is 12.5 Å². The Morgan fingerprint density at radius 1 is 1.53 bits per heavy atom. The fourth-order valence-corrected chi connectivity index (χ4v) is 1.94. The fourth-order valence-electron chi connectivity index (χ4n) is 1.19. The zero-order valence-corrected chi connectivity index (χ0v) is 10.8. The molecule has 0 radical (unpaired) electrons. The maximum atomic E-state index is 11.8. The molecule has 1 aromatic heterocycles. The number of halogens is 2. The van der Waals surface area contributed by atoms with Crippen LogP contribution in [0.15, 0.2) is 22.7 Å². The summed E-state index contributed by atoms with van der Waals surface area (Å²) in [4.78, 5) is 11.8. The zero-order valence-electron chi connectivity index (χ0n) is 8.44. The number of H-pyrrole nitrogens is 1. The average Bonchev–Trinajstić information content (AvgIpc) is 2.78. The molecule has 0 atom stereocenters. The Kier molecular flexibility index (Phi) is 3.70. The van der Waals surface area contributed by atoms with Crippen molar-refractivity contribution in [2.75, 3.05) is 0 Å². The van der Waals surface area contributed by atoms with E-state index in [1.54, 1.807) is 18.2 Å². The van der Waals surface area contributed by atoms with Crippen LogP contribution in [0.5, 0.6) is 0 Å². The molecule has 8 heteroatoms. The minimum Gasteiger partial charge on any atom is -0.345 e. The summed E-state index contributed by atoms with van der Waals surface area (Å²) in [6.45, 7) is 0.196.